The molecule has 0 aliphatic heterocycles. The second kappa shape index (κ2) is 5.58. The molecule has 0 atom stereocenters. The highest BCUT2D eigenvalue weighted by atomic mass is 16.4. The standard InChI is InChI=1S/C18H15N3O2/c1-10(2)15-7-11(3-5-14(15)18(22)23)16-9-20-17-13(16)6-4-12(8-19)21-17/h3-7,9-10H,1-2H3,(H,20,21)(H,22,23). The summed E-state index contributed by atoms with van der Waals surface area (Å²) in [4.78, 5) is 18.7. The number of nitrogens with zero attached hydrogens (tertiary/aromatic N) is 2. The number of nitrogens with one attached hydrogen (secondary N) is 1. The average Bonchev–Trinajstić information content (AvgIpc) is 2.96. The quantitative estimate of drug-likeness (QED) is 0.767. The van der Waals surface area contributed by atoms with Gasteiger partial charge in [0.15, 0.2) is 0 Å². The van der Waals surface area contributed by atoms with Crippen molar-refractivity contribution >= 4 is 17.0 Å². The van der Waals surface area contributed by atoms with E-state index in [1.54, 1.807) is 18.2 Å². The van der Waals surface area contributed by atoms with Crippen molar-refractivity contribution in [2.45, 2.75) is 19.8 Å². The summed E-state index contributed by atoms with van der Waals surface area (Å²) in [6.07, 6.45) is 1.83. The predicted molar refractivity (Wildman–Crippen MR) is 87.3 cm³/mol. The molecule has 0 spiro atoms. The van der Waals surface area contributed by atoms with E-state index >= 15 is 0 Å². The van der Waals surface area contributed by atoms with Crippen LogP contribution >= 0.6 is 0 Å². The fourth-order valence-electron chi connectivity index (χ4n) is 2.71. The molecule has 0 saturated heterocycles. The number of aromatic nitrogens is 2. The van der Waals surface area contributed by atoms with Gasteiger partial charge in [-0.25, -0.2) is 9.78 Å². The molecule has 1 aromatic carbocycles. The number of pyridine rings is 1. The van der Waals surface area contributed by atoms with Gasteiger partial charge in [0.1, 0.15) is 17.4 Å². The topological polar surface area (TPSA) is 89.8 Å². The van der Waals surface area contributed by atoms with Crippen LogP contribution in [0.25, 0.3) is 22.2 Å². The Hall–Kier alpha value is -3.13. The van der Waals surface area contributed by atoms with Crippen molar-refractivity contribution in [3.8, 4) is 17.2 Å². The largest absolute Gasteiger partial charge is 0.478 e. The Kier molecular flexibility index (Phi) is 3.59. The molecule has 3 rings (SSSR count). The maximum atomic E-state index is 11.4. The van der Waals surface area contributed by atoms with Crippen LogP contribution in [0.2, 0.25) is 0 Å². The first-order valence-electron chi connectivity index (χ1n) is 7.27. The van der Waals surface area contributed by atoms with Crippen molar-refractivity contribution in [1.29, 1.82) is 5.26 Å². The van der Waals surface area contributed by atoms with Crippen LogP contribution in [0.4, 0.5) is 0 Å². The lowest BCUT2D eigenvalue weighted by molar-refractivity contribution is 0.0695. The molecular weight excluding hydrogens is 290 g/mol. The first-order chi connectivity index (χ1) is 11.0. The fourth-order valence-corrected chi connectivity index (χ4v) is 2.71. The van der Waals surface area contributed by atoms with Gasteiger partial charge in [-0.2, -0.15) is 5.26 Å². The number of benzene rings is 1. The lowest BCUT2D eigenvalue weighted by atomic mass is 9.93. The van der Waals surface area contributed by atoms with E-state index in [4.69, 9.17) is 5.26 Å². The molecule has 0 unspecified atom stereocenters. The molecule has 0 bridgehead atoms. The number of aromatic carboxylic acids is 1. The minimum absolute atomic E-state index is 0.106. The normalized spacial score (nSPS) is 10.9. The molecule has 2 N–H and O–H groups in total. The number of carboxylic acid groups (broad SMARTS) is 1. The van der Waals surface area contributed by atoms with Crippen LogP contribution in [0.15, 0.2) is 36.5 Å². The van der Waals surface area contributed by atoms with Gasteiger partial charge in [-0.1, -0.05) is 19.9 Å². The van der Waals surface area contributed by atoms with Crippen LogP contribution in [0.1, 0.15) is 41.4 Å². The molecule has 2 aromatic heterocycles. The fraction of sp³-hybridized carbons (Fsp3) is 0.167. The Labute approximate surface area is 133 Å². The van der Waals surface area contributed by atoms with Crippen molar-refractivity contribution in [3.05, 3.63) is 53.3 Å². The van der Waals surface area contributed by atoms with Crippen LogP contribution in [0.3, 0.4) is 0 Å². The third kappa shape index (κ3) is 2.55. The average molecular weight is 305 g/mol. The van der Waals surface area contributed by atoms with E-state index in [0.29, 0.717) is 16.9 Å². The van der Waals surface area contributed by atoms with E-state index in [0.717, 1.165) is 22.1 Å². The van der Waals surface area contributed by atoms with Gasteiger partial charge in [0.2, 0.25) is 0 Å². The minimum atomic E-state index is -0.917. The van der Waals surface area contributed by atoms with E-state index in [1.807, 2.05) is 38.2 Å². The molecule has 0 aliphatic carbocycles. The summed E-state index contributed by atoms with van der Waals surface area (Å²) in [6, 6.07) is 10.9. The number of carboxylic acids is 1. The highest BCUT2D eigenvalue weighted by molar-refractivity contribution is 5.96. The summed E-state index contributed by atoms with van der Waals surface area (Å²) in [5.74, 6) is -0.811. The van der Waals surface area contributed by atoms with Gasteiger partial charge in [-0.15, -0.1) is 0 Å². The third-order valence-corrected chi connectivity index (χ3v) is 3.87. The van der Waals surface area contributed by atoms with Crippen molar-refractivity contribution in [3.63, 3.8) is 0 Å². The highest BCUT2D eigenvalue weighted by Gasteiger charge is 2.15. The van der Waals surface area contributed by atoms with E-state index < -0.39 is 5.97 Å². The summed E-state index contributed by atoms with van der Waals surface area (Å²) in [7, 11) is 0. The number of aromatic amines is 1. The molecule has 0 saturated carbocycles. The molecule has 5 heteroatoms. The second-order valence-corrected chi connectivity index (χ2v) is 5.67. The number of carbonyl (C=O) groups is 1. The van der Waals surface area contributed by atoms with Crippen molar-refractivity contribution in [2.75, 3.05) is 0 Å². The van der Waals surface area contributed by atoms with Gasteiger partial charge in [-0.3, -0.25) is 0 Å². The molecule has 23 heavy (non-hydrogen) atoms. The summed E-state index contributed by atoms with van der Waals surface area (Å²) >= 11 is 0. The number of hydrogen-bond donors (Lipinski definition) is 2. The number of nitriles is 1. The highest BCUT2D eigenvalue weighted by Crippen LogP contribution is 2.31. The molecule has 0 amide bonds. The maximum absolute atomic E-state index is 11.4. The van der Waals surface area contributed by atoms with Crippen LogP contribution in [0.5, 0.6) is 0 Å². The molecule has 3 aromatic rings. The lowest BCUT2D eigenvalue weighted by Crippen LogP contribution is -2.04. The van der Waals surface area contributed by atoms with Gasteiger partial charge in [-0.05, 0) is 41.3 Å². The monoisotopic (exact) mass is 305 g/mol. The predicted octanol–water partition coefficient (Wildman–Crippen LogP) is 3.92. The van der Waals surface area contributed by atoms with Gasteiger partial charge >= 0.3 is 5.97 Å². The molecule has 2 heterocycles. The van der Waals surface area contributed by atoms with Gasteiger partial charge < -0.3 is 10.1 Å². The van der Waals surface area contributed by atoms with E-state index in [1.165, 1.54) is 0 Å². The minimum Gasteiger partial charge on any atom is -0.478 e. The summed E-state index contributed by atoms with van der Waals surface area (Å²) < 4.78 is 0. The van der Waals surface area contributed by atoms with Crippen molar-refractivity contribution < 1.29 is 9.90 Å². The zero-order valence-corrected chi connectivity index (χ0v) is 12.8. The Morgan fingerprint density at radius 1 is 1.30 bits per heavy atom. The molecule has 114 valence electrons. The summed E-state index contributed by atoms with van der Waals surface area (Å²) in [5, 5.41) is 19.1. The smallest absolute Gasteiger partial charge is 0.335 e. The number of rotatable bonds is 3. The third-order valence-electron chi connectivity index (χ3n) is 3.87. The first kappa shape index (κ1) is 14.8. The zero-order chi connectivity index (χ0) is 16.6. The Morgan fingerprint density at radius 2 is 2.09 bits per heavy atom. The first-order valence-corrected chi connectivity index (χ1v) is 7.27. The number of H-pyrrole nitrogens is 1. The summed E-state index contributed by atoms with van der Waals surface area (Å²) in [6.45, 7) is 3.95. The Bertz CT molecular complexity index is 949. The van der Waals surface area contributed by atoms with Crippen LogP contribution in [-0.4, -0.2) is 21.0 Å². The Balaban J connectivity index is 2.18. The van der Waals surface area contributed by atoms with E-state index in [2.05, 4.69) is 9.97 Å². The van der Waals surface area contributed by atoms with Crippen LogP contribution in [-0.2, 0) is 0 Å². The zero-order valence-electron chi connectivity index (χ0n) is 12.8. The van der Waals surface area contributed by atoms with Gasteiger partial charge in [0.05, 0.1) is 5.56 Å². The lowest BCUT2D eigenvalue weighted by Gasteiger charge is -2.12. The van der Waals surface area contributed by atoms with Crippen molar-refractivity contribution in [2.24, 2.45) is 0 Å². The SMILES string of the molecule is CC(C)c1cc(-c2c[nH]c3nc(C#N)ccc23)ccc1C(=O)O. The molecular formula is C18H15N3O2. The number of fused-ring (bicyclic) bond motifs is 1. The molecule has 5 nitrogen and oxygen atoms in total. The van der Waals surface area contributed by atoms with Crippen LogP contribution < -0.4 is 0 Å². The molecule has 0 aliphatic rings. The van der Waals surface area contributed by atoms with E-state index in [9.17, 15) is 9.90 Å². The molecule has 0 radical (unpaired) electrons. The van der Waals surface area contributed by atoms with Crippen molar-refractivity contribution in [1.82, 2.24) is 9.97 Å². The maximum Gasteiger partial charge on any atom is 0.335 e. The number of hydrogen-bond acceptors (Lipinski definition) is 3. The van der Waals surface area contributed by atoms with Gasteiger partial charge in [0, 0.05) is 17.1 Å². The molecule has 0 fully saturated rings. The van der Waals surface area contributed by atoms with E-state index in [-0.39, 0.29) is 5.92 Å². The summed E-state index contributed by atoms with van der Waals surface area (Å²) in [5.41, 5.74) is 3.99. The Morgan fingerprint density at radius 3 is 2.74 bits per heavy atom. The van der Waals surface area contributed by atoms with Crippen LogP contribution in [0, 0.1) is 11.3 Å². The van der Waals surface area contributed by atoms with Gasteiger partial charge in [0.25, 0.3) is 0 Å². The second-order valence-electron chi connectivity index (χ2n) is 5.67.